The van der Waals surface area contributed by atoms with E-state index in [1.807, 2.05) is 35.7 Å². The number of nitrogens with zero attached hydrogens (tertiary/aromatic N) is 1. The summed E-state index contributed by atoms with van der Waals surface area (Å²) in [5.74, 6) is 0. The number of thiazole rings is 1. The minimum Gasteiger partial charge on any atom is -0.486 e. The molecular weight excluding hydrogens is 236 g/mol. The fraction of sp³-hybridized carbons (Fsp3) is 0. The van der Waals surface area contributed by atoms with Crippen LogP contribution in [-0.4, -0.2) is 10.1 Å². The summed E-state index contributed by atoms with van der Waals surface area (Å²) in [7, 11) is 0. The topological polar surface area (TPSA) is 33.1 Å². The van der Waals surface area contributed by atoms with E-state index in [-0.39, 0.29) is 24.7 Å². The van der Waals surface area contributed by atoms with Crippen molar-refractivity contribution in [1.82, 2.24) is 4.98 Å². The molecule has 2 rings (SSSR count). The molecule has 62 valence electrons. The van der Waals surface area contributed by atoms with Crippen molar-refractivity contribution < 1.29 is 24.6 Å². The van der Waals surface area contributed by atoms with Crippen LogP contribution >= 0.6 is 11.3 Å². The number of hydrogen-bond donors (Lipinski definition) is 1. The van der Waals surface area contributed by atoms with E-state index in [9.17, 15) is 0 Å². The molecule has 0 unspecified atom stereocenters. The van der Waals surface area contributed by atoms with Crippen LogP contribution in [0.5, 0.6) is 5.19 Å². The van der Waals surface area contributed by atoms with Crippen molar-refractivity contribution in [3.05, 3.63) is 35.7 Å². The van der Waals surface area contributed by atoms with Crippen LogP contribution in [0.4, 0.5) is 0 Å². The smallest absolute Gasteiger partial charge is 0.271 e. The van der Waals surface area contributed by atoms with E-state index in [2.05, 4.69) is 4.98 Å². The summed E-state index contributed by atoms with van der Waals surface area (Å²) in [5, 5.41) is 11.0. The summed E-state index contributed by atoms with van der Waals surface area (Å²) < 4.78 is 0. The first-order valence-corrected chi connectivity index (χ1v) is 4.44. The summed E-state index contributed by atoms with van der Waals surface area (Å²) in [4.78, 5) is 3.96. The molecule has 1 N–H and O–H groups in total. The minimum atomic E-state index is 0. The van der Waals surface area contributed by atoms with Crippen LogP contribution in [-0.2, 0) is 19.5 Å². The molecule has 0 atom stereocenters. The molecule has 0 bridgehead atoms. The van der Waals surface area contributed by atoms with E-state index in [4.69, 9.17) is 5.11 Å². The first kappa shape index (κ1) is 10.4. The third kappa shape index (κ3) is 2.36. The average Bonchev–Trinajstić information content (AvgIpc) is 2.54. The number of aromatic hydroxyl groups is 1. The first-order valence-electron chi connectivity index (χ1n) is 3.56. The Kier molecular flexibility index (Phi) is 3.58. The van der Waals surface area contributed by atoms with Gasteiger partial charge in [0.15, 0.2) is 0 Å². The molecule has 0 aliphatic heterocycles. The normalized spacial score (nSPS) is 9.23. The van der Waals surface area contributed by atoms with E-state index in [0.29, 0.717) is 0 Å². The van der Waals surface area contributed by atoms with Crippen molar-refractivity contribution in [3.63, 3.8) is 0 Å². The summed E-state index contributed by atoms with van der Waals surface area (Å²) in [6.45, 7) is 0. The zero-order valence-corrected chi connectivity index (χ0v) is 10.8. The van der Waals surface area contributed by atoms with Crippen LogP contribution < -0.4 is 0 Å². The van der Waals surface area contributed by atoms with Crippen molar-refractivity contribution >= 4 is 11.3 Å². The van der Waals surface area contributed by atoms with Crippen LogP contribution in [0.1, 0.15) is 0 Å². The number of benzene rings is 1. The Bertz CT molecular complexity index is 374. The van der Waals surface area contributed by atoms with Gasteiger partial charge in [0.05, 0.1) is 5.69 Å². The Labute approximate surface area is 93.0 Å². The van der Waals surface area contributed by atoms with Gasteiger partial charge in [0.2, 0.25) is 0 Å². The van der Waals surface area contributed by atoms with E-state index in [1.165, 1.54) is 11.3 Å². The predicted molar refractivity (Wildman–Crippen MR) is 49.2 cm³/mol. The quantitative estimate of drug-likeness (QED) is 0.780. The second-order valence-corrected chi connectivity index (χ2v) is 3.22. The molecule has 0 aliphatic carbocycles. The summed E-state index contributed by atoms with van der Waals surface area (Å²) in [6, 6.07) is 9.79. The van der Waals surface area contributed by atoms with Gasteiger partial charge < -0.3 is 5.11 Å². The van der Waals surface area contributed by atoms with Crippen LogP contribution in [0.3, 0.4) is 0 Å². The molecule has 1 aromatic carbocycles. The molecule has 13 heavy (non-hydrogen) atoms. The molecule has 0 spiro atoms. The molecule has 2 nitrogen and oxygen atoms in total. The van der Waals surface area contributed by atoms with Crippen LogP contribution in [0.25, 0.3) is 11.3 Å². The Morgan fingerprint density at radius 3 is 2.38 bits per heavy atom. The maximum absolute atomic E-state index is 9.02. The molecular formula is C9H7NOSZn. The molecule has 0 saturated carbocycles. The van der Waals surface area contributed by atoms with Crippen LogP contribution in [0.15, 0.2) is 35.7 Å². The van der Waals surface area contributed by atoms with E-state index >= 15 is 0 Å². The summed E-state index contributed by atoms with van der Waals surface area (Å²) in [5.41, 5.74) is 1.87. The number of rotatable bonds is 1. The van der Waals surface area contributed by atoms with Gasteiger partial charge in [-0.2, -0.15) is 0 Å². The largest absolute Gasteiger partial charge is 0.486 e. The van der Waals surface area contributed by atoms with Crippen molar-refractivity contribution in [2.75, 3.05) is 0 Å². The van der Waals surface area contributed by atoms with E-state index in [0.717, 1.165) is 11.3 Å². The molecule has 1 aromatic heterocycles. The van der Waals surface area contributed by atoms with Gasteiger partial charge in [-0.25, -0.2) is 4.98 Å². The third-order valence-corrected chi connectivity index (χ3v) is 2.20. The average molecular weight is 243 g/mol. The van der Waals surface area contributed by atoms with Gasteiger partial charge in [-0.05, 0) is 0 Å². The number of hydrogen-bond acceptors (Lipinski definition) is 3. The second-order valence-electron chi connectivity index (χ2n) is 2.38. The van der Waals surface area contributed by atoms with Gasteiger partial charge in [0.25, 0.3) is 5.19 Å². The SMILES string of the molecule is Oc1nc(-c2ccccc2)cs1.[Zn]. The van der Waals surface area contributed by atoms with Gasteiger partial charge >= 0.3 is 0 Å². The summed E-state index contributed by atoms with van der Waals surface area (Å²) >= 11 is 1.24. The van der Waals surface area contributed by atoms with Crippen LogP contribution in [0.2, 0.25) is 0 Å². The molecule has 0 radical (unpaired) electrons. The molecule has 0 saturated heterocycles. The maximum atomic E-state index is 9.02. The second kappa shape index (κ2) is 4.49. The molecule has 4 heteroatoms. The Balaban J connectivity index is 0.000000845. The van der Waals surface area contributed by atoms with Crippen molar-refractivity contribution in [2.45, 2.75) is 0 Å². The monoisotopic (exact) mass is 241 g/mol. The summed E-state index contributed by atoms with van der Waals surface area (Å²) in [6.07, 6.45) is 0. The first-order chi connectivity index (χ1) is 5.86. The van der Waals surface area contributed by atoms with Gasteiger partial charge in [-0.3, -0.25) is 0 Å². The maximum Gasteiger partial charge on any atom is 0.271 e. The van der Waals surface area contributed by atoms with Crippen molar-refractivity contribution in [2.24, 2.45) is 0 Å². The molecule has 0 aliphatic rings. The van der Waals surface area contributed by atoms with Gasteiger partial charge in [0, 0.05) is 30.4 Å². The molecule has 2 aromatic rings. The third-order valence-electron chi connectivity index (χ3n) is 1.56. The minimum absolute atomic E-state index is 0. The predicted octanol–water partition coefficient (Wildman–Crippen LogP) is 2.51. The van der Waals surface area contributed by atoms with E-state index < -0.39 is 0 Å². The zero-order valence-electron chi connectivity index (χ0n) is 6.97. The number of aromatic nitrogens is 1. The van der Waals surface area contributed by atoms with Crippen molar-refractivity contribution in [3.8, 4) is 16.5 Å². The molecule has 0 amide bonds. The molecule has 1 heterocycles. The van der Waals surface area contributed by atoms with E-state index in [1.54, 1.807) is 0 Å². The van der Waals surface area contributed by atoms with Gasteiger partial charge in [-0.1, -0.05) is 41.7 Å². The fourth-order valence-corrected chi connectivity index (χ4v) is 1.56. The van der Waals surface area contributed by atoms with Gasteiger partial charge in [0.1, 0.15) is 0 Å². The van der Waals surface area contributed by atoms with Crippen LogP contribution in [0, 0.1) is 0 Å². The zero-order chi connectivity index (χ0) is 8.39. The standard InChI is InChI=1S/C9H7NOS.Zn/c11-9-10-8(6-12-9)7-4-2-1-3-5-7;/h1-6H,(H,10,11);. The van der Waals surface area contributed by atoms with Gasteiger partial charge in [-0.15, -0.1) is 0 Å². The molecule has 0 fully saturated rings. The fourth-order valence-electron chi connectivity index (χ4n) is 1.01. The Hall–Kier alpha value is -0.727. The van der Waals surface area contributed by atoms with Crippen molar-refractivity contribution in [1.29, 1.82) is 0 Å². The Morgan fingerprint density at radius 2 is 1.85 bits per heavy atom. The Morgan fingerprint density at radius 1 is 1.15 bits per heavy atom.